The summed E-state index contributed by atoms with van der Waals surface area (Å²) < 4.78 is 35.9. The van der Waals surface area contributed by atoms with Gasteiger partial charge in [-0.2, -0.15) is 0 Å². The number of carbonyl (C=O) groups excluding carboxylic acids is 2. The molecule has 0 bridgehead atoms. The van der Waals surface area contributed by atoms with Crippen LogP contribution < -0.4 is 51.4 Å². The molecule has 1 rings (SSSR count). The normalized spacial score (nSPS) is 17.9. The van der Waals surface area contributed by atoms with Gasteiger partial charge in [-0.1, -0.05) is 0 Å². The van der Waals surface area contributed by atoms with E-state index in [0.717, 1.165) is 4.90 Å². The summed E-state index contributed by atoms with van der Waals surface area (Å²) in [7, 11) is 1.39. The first-order chi connectivity index (χ1) is 6.29. The molecule has 0 unspecified atom stereocenters. The number of likely N-dealkylation sites (N-methyl/N-ethyl adjacent to an activating group) is 1. The molecule has 0 aromatic rings. The predicted octanol–water partition coefficient (Wildman–Crippen LogP) is -3.32. The van der Waals surface area contributed by atoms with Gasteiger partial charge in [-0.15, -0.1) is 0 Å². The number of hydrogen-bond donors (Lipinski definition) is 0. The van der Waals surface area contributed by atoms with Crippen molar-refractivity contribution >= 4 is 18.8 Å². The molecular weight excluding hydrogens is 239 g/mol. The Bertz CT molecular complexity index is 274. The average molecular weight is 248 g/mol. The summed E-state index contributed by atoms with van der Waals surface area (Å²) in [4.78, 5) is 23.7. The van der Waals surface area contributed by atoms with E-state index >= 15 is 0 Å². The minimum Gasteiger partial charge on any atom is -0.448 e. The van der Waals surface area contributed by atoms with Gasteiger partial charge in [0.15, 0.2) is 0 Å². The second-order valence-electron chi connectivity index (χ2n) is 3.23. The molecule has 0 spiro atoms. The molecular formula is C6H9BF3KN2O2. The Hall–Kier alpha value is 0.431. The van der Waals surface area contributed by atoms with Crippen molar-refractivity contribution in [3.05, 3.63) is 0 Å². The van der Waals surface area contributed by atoms with Crippen LogP contribution in [0.2, 0.25) is 0 Å². The van der Waals surface area contributed by atoms with Crippen LogP contribution in [0.4, 0.5) is 12.9 Å². The molecule has 1 heterocycles. The van der Waals surface area contributed by atoms with Gasteiger partial charge in [0.05, 0.1) is 13.1 Å². The molecule has 0 aromatic carbocycles. The van der Waals surface area contributed by atoms with Crippen LogP contribution in [-0.2, 0) is 9.59 Å². The first-order valence-corrected chi connectivity index (χ1v) is 4.02. The molecule has 0 aliphatic carbocycles. The van der Waals surface area contributed by atoms with Gasteiger partial charge >= 0.3 is 58.4 Å². The Morgan fingerprint density at radius 3 is 2.20 bits per heavy atom. The van der Waals surface area contributed by atoms with Gasteiger partial charge in [-0.25, -0.2) is 0 Å². The van der Waals surface area contributed by atoms with E-state index in [4.69, 9.17) is 0 Å². The Morgan fingerprint density at radius 1 is 1.20 bits per heavy atom. The second-order valence-corrected chi connectivity index (χ2v) is 3.23. The smallest absolute Gasteiger partial charge is 0.448 e. The number of hydrogen-bond acceptors (Lipinski definition) is 2. The van der Waals surface area contributed by atoms with Gasteiger partial charge < -0.3 is 22.7 Å². The molecule has 0 aromatic heterocycles. The average Bonchev–Trinajstić information content (AvgIpc) is 1.97. The van der Waals surface area contributed by atoms with E-state index < -0.39 is 31.8 Å². The SMILES string of the molecule is CN1CC(=O)N(C[B-](F)(F)F)CC1=O.[K+]. The first-order valence-electron chi connectivity index (χ1n) is 4.02. The number of piperazine rings is 1. The Morgan fingerprint density at radius 2 is 1.73 bits per heavy atom. The van der Waals surface area contributed by atoms with Crippen LogP contribution in [0.5, 0.6) is 0 Å². The van der Waals surface area contributed by atoms with Gasteiger partial charge in [0.1, 0.15) is 0 Å². The predicted molar refractivity (Wildman–Crippen MR) is 43.3 cm³/mol. The Balaban J connectivity index is 0.00000196. The van der Waals surface area contributed by atoms with Gasteiger partial charge in [0, 0.05) is 7.05 Å². The van der Waals surface area contributed by atoms with E-state index in [1.165, 1.54) is 7.05 Å². The van der Waals surface area contributed by atoms with E-state index in [-0.39, 0.29) is 57.9 Å². The van der Waals surface area contributed by atoms with Crippen molar-refractivity contribution in [2.45, 2.75) is 0 Å². The van der Waals surface area contributed by atoms with E-state index in [0.29, 0.717) is 4.90 Å². The van der Waals surface area contributed by atoms with E-state index in [9.17, 15) is 22.5 Å². The van der Waals surface area contributed by atoms with Crippen molar-refractivity contribution in [1.82, 2.24) is 9.80 Å². The largest absolute Gasteiger partial charge is 1.00 e. The fraction of sp³-hybridized carbons (Fsp3) is 0.667. The summed E-state index contributed by atoms with van der Waals surface area (Å²) in [6, 6.07) is 0. The topological polar surface area (TPSA) is 40.6 Å². The third-order valence-corrected chi connectivity index (χ3v) is 1.90. The van der Waals surface area contributed by atoms with Crippen molar-refractivity contribution in [3.8, 4) is 0 Å². The molecule has 0 saturated carbocycles. The molecule has 1 aliphatic rings. The van der Waals surface area contributed by atoms with Crippen LogP contribution in [0, 0.1) is 0 Å². The maximum absolute atomic E-state index is 12.0. The molecule has 1 fully saturated rings. The summed E-state index contributed by atoms with van der Waals surface area (Å²) in [6.07, 6.45) is -1.29. The van der Waals surface area contributed by atoms with Crippen molar-refractivity contribution < 1.29 is 73.9 Å². The monoisotopic (exact) mass is 248 g/mol. The van der Waals surface area contributed by atoms with Crippen molar-refractivity contribution in [2.75, 3.05) is 26.6 Å². The standard InChI is InChI=1S/C6H9BF3N2O2.K/c1-11-2-6(14)12(3-5(11)13)4-7(8,9)10;/h2-4H2,1H3;/q-1;+1. The molecule has 0 N–H and O–H groups in total. The fourth-order valence-corrected chi connectivity index (χ4v) is 1.18. The van der Waals surface area contributed by atoms with E-state index in [2.05, 4.69) is 0 Å². The maximum atomic E-state index is 12.0. The molecule has 15 heavy (non-hydrogen) atoms. The van der Waals surface area contributed by atoms with Crippen LogP contribution >= 0.6 is 0 Å². The van der Waals surface area contributed by atoms with Crippen LogP contribution in [0.25, 0.3) is 0 Å². The number of nitrogens with zero attached hydrogens (tertiary/aromatic N) is 2. The summed E-state index contributed by atoms with van der Waals surface area (Å²) in [5.41, 5.74) is 0. The second kappa shape index (κ2) is 5.67. The van der Waals surface area contributed by atoms with Crippen LogP contribution in [0.3, 0.4) is 0 Å². The summed E-state index contributed by atoms with van der Waals surface area (Å²) in [5.74, 6) is -1.13. The minimum atomic E-state index is -5.06. The van der Waals surface area contributed by atoms with Gasteiger partial charge in [-0.05, 0) is 6.44 Å². The molecule has 4 nitrogen and oxygen atoms in total. The Kier molecular flexibility index (Phi) is 5.83. The van der Waals surface area contributed by atoms with Gasteiger partial charge in [0.25, 0.3) is 0 Å². The zero-order valence-corrected chi connectivity index (χ0v) is 11.7. The third-order valence-electron chi connectivity index (χ3n) is 1.90. The van der Waals surface area contributed by atoms with Crippen LogP contribution in [-0.4, -0.2) is 55.2 Å². The van der Waals surface area contributed by atoms with E-state index in [1.807, 2.05) is 0 Å². The molecule has 0 radical (unpaired) electrons. The van der Waals surface area contributed by atoms with E-state index in [1.54, 1.807) is 0 Å². The van der Waals surface area contributed by atoms with Crippen LogP contribution in [0.1, 0.15) is 0 Å². The molecule has 2 amide bonds. The molecule has 1 saturated heterocycles. The van der Waals surface area contributed by atoms with Crippen LogP contribution in [0.15, 0.2) is 0 Å². The van der Waals surface area contributed by atoms with Crippen molar-refractivity contribution in [2.24, 2.45) is 0 Å². The van der Waals surface area contributed by atoms with Crippen molar-refractivity contribution in [1.29, 1.82) is 0 Å². The Labute approximate surface area is 128 Å². The number of rotatable bonds is 2. The molecule has 80 valence electrons. The zero-order valence-electron chi connectivity index (χ0n) is 8.54. The molecule has 1 aliphatic heterocycles. The third kappa shape index (κ3) is 4.86. The fourth-order valence-electron chi connectivity index (χ4n) is 1.18. The quantitative estimate of drug-likeness (QED) is 0.480. The summed E-state index contributed by atoms with van der Waals surface area (Å²) in [6.45, 7) is -5.81. The minimum absolute atomic E-state index is 0. The summed E-state index contributed by atoms with van der Waals surface area (Å²) >= 11 is 0. The summed E-state index contributed by atoms with van der Waals surface area (Å²) in [5, 5.41) is 0. The zero-order chi connectivity index (χ0) is 10.9. The molecule has 9 heteroatoms. The van der Waals surface area contributed by atoms with Gasteiger partial charge in [0.2, 0.25) is 11.8 Å². The first kappa shape index (κ1) is 15.4. The van der Waals surface area contributed by atoms with Crippen molar-refractivity contribution in [3.63, 3.8) is 0 Å². The number of carbonyl (C=O) groups is 2. The number of halogens is 3. The maximum Gasteiger partial charge on any atom is 1.00 e. The molecule has 0 atom stereocenters. The van der Waals surface area contributed by atoms with Gasteiger partial charge in [-0.3, -0.25) is 9.59 Å². The number of amides is 2.